The zero-order valence-corrected chi connectivity index (χ0v) is 12.5. The van der Waals surface area contributed by atoms with E-state index in [1.165, 1.54) is 44.3 Å². The lowest BCUT2D eigenvalue weighted by Crippen LogP contribution is -2.39. The van der Waals surface area contributed by atoms with Crippen LogP contribution in [0, 0.1) is 0 Å². The first-order valence-corrected chi connectivity index (χ1v) is 7.81. The van der Waals surface area contributed by atoms with Crippen LogP contribution in [0.1, 0.15) is 39.0 Å². The van der Waals surface area contributed by atoms with Crippen molar-refractivity contribution < 1.29 is 0 Å². The Morgan fingerprint density at radius 3 is 2.32 bits per heavy atom. The van der Waals surface area contributed by atoms with Crippen LogP contribution in [0.2, 0.25) is 0 Å². The van der Waals surface area contributed by atoms with Gasteiger partial charge in [0.1, 0.15) is 0 Å². The molecule has 0 aliphatic heterocycles. The number of anilines is 1. The average Bonchev–Trinajstić information content (AvgIpc) is 2.49. The predicted octanol–water partition coefficient (Wildman–Crippen LogP) is 3.78. The summed E-state index contributed by atoms with van der Waals surface area (Å²) in [6, 6.07) is 11.6. The second kappa shape index (κ2) is 7.54. The van der Waals surface area contributed by atoms with Crippen molar-refractivity contribution in [1.82, 2.24) is 4.90 Å². The Balaban J connectivity index is 1.82. The van der Waals surface area contributed by atoms with E-state index in [0.29, 0.717) is 0 Å². The van der Waals surface area contributed by atoms with E-state index < -0.39 is 0 Å². The third-order valence-electron chi connectivity index (χ3n) is 4.42. The molecular formula is C17H28N2. The molecule has 0 saturated heterocycles. The van der Waals surface area contributed by atoms with E-state index in [2.05, 4.69) is 54.1 Å². The molecule has 1 aromatic carbocycles. The highest BCUT2D eigenvalue weighted by molar-refractivity contribution is 5.45. The summed E-state index contributed by atoms with van der Waals surface area (Å²) in [5.41, 5.74) is 1.35. The lowest BCUT2D eigenvalue weighted by Gasteiger charge is -2.33. The first-order valence-electron chi connectivity index (χ1n) is 7.81. The molecule has 19 heavy (non-hydrogen) atoms. The monoisotopic (exact) mass is 260 g/mol. The molecule has 0 amide bonds. The minimum atomic E-state index is 0.822. The highest BCUT2D eigenvalue weighted by atomic mass is 15.2. The molecule has 1 aromatic rings. The maximum Gasteiger partial charge on any atom is 0.0366 e. The Morgan fingerprint density at radius 2 is 1.68 bits per heavy atom. The van der Waals surface area contributed by atoms with Crippen molar-refractivity contribution in [3.8, 4) is 0 Å². The van der Waals surface area contributed by atoms with E-state index in [1.807, 2.05) is 0 Å². The van der Waals surface area contributed by atoms with E-state index in [1.54, 1.807) is 0 Å². The number of nitrogens with zero attached hydrogens (tertiary/aromatic N) is 2. The number of hydrogen-bond donors (Lipinski definition) is 0. The van der Waals surface area contributed by atoms with Crippen LogP contribution >= 0.6 is 0 Å². The smallest absolute Gasteiger partial charge is 0.0366 e. The Labute approximate surface area is 118 Å². The van der Waals surface area contributed by atoms with Gasteiger partial charge in [0.25, 0.3) is 0 Å². The van der Waals surface area contributed by atoms with Crippen LogP contribution in [0.5, 0.6) is 0 Å². The van der Waals surface area contributed by atoms with E-state index >= 15 is 0 Å². The molecule has 0 spiro atoms. The van der Waals surface area contributed by atoms with Gasteiger partial charge < -0.3 is 9.80 Å². The zero-order valence-electron chi connectivity index (χ0n) is 12.5. The largest absolute Gasteiger partial charge is 0.371 e. The van der Waals surface area contributed by atoms with Crippen LogP contribution in [-0.4, -0.2) is 37.6 Å². The summed E-state index contributed by atoms with van der Waals surface area (Å²) in [7, 11) is 2.30. The molecule has 2 rings (SSSR count). The van der Waals surface area contributed by atoms with E-state index in [9.17, 15) is 0 Å². The Kier molecular flexibility index (Phi) is 5.71. The second-order valence-corrected chi connectivity index (χ2v) is 5.69. The third-order valence-corrected chi connectivity index (χ3v) is 4.42. The highest BCUT2D eigenvalue weighted by Gasteiger charge is 2.18. The average molecular weight is 260 g/mol. The molecule has 106 valence electrons. The Bertz CT molecular complexity index is 344. The highest BCUT2D eigenvalue weighted by Crippen LogP contribution is 2.21. The second-order valence-electron chi connectivity index (χ2n) is 5.69. The number of hydrogen-bond acceptors (Lipinski definition) is 2. The number of rotatable bonds is 6. The van der Waals surface area contributed by atoms with Crippen LogP contribution in [0.15, 0.2) is 30.3 Å². The quantitative estimate of drug-likeness (QED) is 0.768. The van der Waals surface area contributed by atoms with Crippen LogP contribution < -0.4 is 4.90 Å². The molecule has 0 heterocycles. The fourth-order valence-corrected chi connectivity index (χ4v) is 3.09. The maximum atomic E-state index is 2.57. The normalized spacial score (nSPS) is 16.8. The minimum absolute atomic E-state index is 0.822. The van der Waals surface area contributed by atoms with Crippen LogP contribution in [0.3, 0.4) is 0 Å². The molecule has 0 bridgehead atoms. The van der Waals surface area contributed by atoms with Crippen molar-refractivity contribution in [2.75, 3.05) is 31.6 Å². The van der Waals surface area contributed by atoms with Gasteiger partial charge in [-0.15, -0.1) is 0 Å². The van der Waals surface area contributed by atoms with Gasteiger partial charge in [0.2, 0.25) is 0 Å². The van der Waals surface area contributed by atoms with E-state index in [-0.39, 0.29) is 0 Å². The van der Waals surface area contributed by atoms with Crippen LogP contribution in [-0.2, 0) is 0 Å². The summed E-state index contributed by atoms with van der Waals surface area (Å²) < 4.78 is 0. The standard InChI is InChI=1S/C17H28N2/c1-3-19(17-12-8-5-9-13-17)15-14-18(2)16-10-6-4-7-11-16/h5,8-9,12-13,16H,3-4,6-7,10-11,14-15H2,1-2H3. The Hall–Kier alpha value is -1.02. The first-order chi connectivity index (χ1) is 9.31. The molecule has 1 saturated carbocycles. The first kappa shape index (κ1) is 14.4. The van der Waals surface area contributed by atoms with Gasteiger partial charge in [-0.1, -0.05) is 37.5 Å². The predicted molar refractivity (Wildman–Crippen MR) is 83.8 cm³/mol. The lowest BCUT2D eigenvalue weighted by molar-refractivity contribution is 0.195. The minimum Gasteiger partial charge on any atom is -0.371 e. The molecule has 1 aliphatic carbocycles. The molecule has 1 fully saturated rings. The topological polar surface area (TPSA) is 6.48 Å². The van der Waals surface area contributed by atoms with Gasteiger partial charge >= 0.3 is 0 Å². The summed E-state index contributed by atoms with van der Waals surface area (Å²) in [4.78, 5) is 5.05. The van der Waals surface area contributed by atoms with Gasteiger partial charge in [0.15, 0.2) is 0 Å². The molecule has 0 unspecified atom stereocenters. The van der Waals surface area contributed by atoms with Crippen LogP contribution in [0.25, 0.3) is 0 Å². The molecule has 2 nitrogen and oxygen atoms in total. The fourth-order valence-electron chi connectivity index (χ4n) is 3.09. The van der Waals surface area contributed by atoms with Crippen LogP contribution in [0.4, 0.5) is 5.69 Å². The van der Waals surface area contributed by atoms with E-state index in [0.717, 1.165) is 19.1 Å². The molecule has 2 heteroatoms. The molecule has 0 radical (unpaired) electrons. The van der Waals surface area contributed by atoms with Crippen molar-refractivity contribution in [2.45, 2.75) is 45.1 Å². The molecule has 0 atom stereocenters. The van der Waals surface area contributed by atoms with Gasteiger partial charge in [0.05, 0.1) is 0 Å². The van der Waals surface area contributed by atoms with Crippen molar-refractivity contribution in [2.24, 2.45) is 0 Å². The maximum absolute atomic E-state index is 2.57. The van der Waals surface area contributed by atoms with E-state index in [4.69, 9.17) is 0 Å². The fraction of sp³-hybridized carbons (Fsp3) is 0.647. The SMILES string of the molecule is CCN(CCN(C)C1CCCCC1)c1ccccc1. The Morgan fingerprint density at radius 1 is 1.00 bits per heavy atom. The zero-order chi connectivity index (χ0) is 13.5. The number of likely N-dealkylation sites (N-methyl/N-ethyl adjacent to an activating group) is 2. The third kappa shape index (κ3) is 4.24. The number of benzene rings is 1. The van der Waals surface area contributed by atoms with Gasteiger partial charge in [0, 0.05) is 31.4 Å². The van der Waals surface area contributed by atoms with Gasteiger partial charge in [-0.2, -0.15) is 0 Å². The van der Waals surface area contributed by atoms with Gasteiger partial charge in [-0.25, -0.2) is 0 Å². The summed E-state index contributed by atoms with van der Waals surface area (Å²) >= 11 is 0. The van der Waals surface area contributed by atoms with Gasteiger partial charge in [-0.05, 0) is 38.9 Å². The van der Waals surface area contributed by atoms with Crippen molar-refractivity contribution in [3.63, 3.8) is 0 Å². The van der Waals surface area contributed by atoms with Crippen molar-refractivity contribution in [3.05, 3.63) is 30.3 Å². The molecular weight excluding hydrogens is 232 g/mol. The molecule has 0 aromatic heterocycles. The molecule has 0 N–H and O–H groups in total. The van der Waals surface area contributed by atoms with Crippen molar-refractivity contribution in [1.29, 1.82) is 0 Å². The summed E-state index contributed by atoms with van der Waals surface area (Å²) in [6.45, 7) is 5.64. The van der Waals surface area contributed by atoms with Gasteiger partial charge in [-0.3, -0.25) is 0 Å². The summed E-state index contributed by atoms with van der Waals surface area (Å²) in [6.07, 6.45) is 7.08. The summed E-state index contributed by atoms with van der Waals surface area (Å²) in [5, 5.41) is 0. The lowest BCUT2D eigenvalue weighted by atomic mass is 9.94. The summed E-state index contributed by atoms with van der Waals surface area (Å²) in [5.74, 6) is 0. The molecule has 1 aliphatic rings. The van der Waals surface area contributed by atoms with Crippen molar-refractivity contribution >= 4 is 5.69 Å². The number of para-hydroxylation sites is 1.